The van der Waals surface area contributed by atoms with Gasteiger partial charge in [0.25, 0.3) is 0 Å². The molecule has 6 rings (SSSR count). The van der Waals surface area contributed by atoms with Crippen molar-refractivity contribution in [1.29, 1.82) is 0 Å². The second kappa shape index (κ2) is 14.2. The summed E-state index contributed by atoms with van der Waals surface area (Å²) in [4.78, 5) is 26.8. The van der Waals surface area contributed by atoms with E-state index in [0.29, 0.717) is 18.7 Å². The third kappa shape index (κ3) is 7.65. The van der Waals surface area contributed by atoms with E-state index >= 15 is 0 Å². The molecule has 0 spiro atoms. The van der Waals surface area contributed by atoms with Crippen LogP contribution in [0.2, 0.25) is 0 Å². The Morgan fingerprint density at radius 3 is 2.42 bits per heavy atom. The Kier molecular flexibility index (Phi) is 9.94. The van der Waals surface area contributed by atoms with Crippen LogP contribution in [0.25, 0.3) is 10.9 Å². The lowest BCUT2D eigenvalue weighted by Crippen LogP contribution is -2.49. The van der Waals surface area contributed by atoms with Crippen molar-refractivity contribution in [3.63, 3.8) is 0 Å². The molecule has 1 unspecified atom stereocenters. The summed E-state index contributed by atoms with van der Waals surface area (Å²) in [6.07, 6.45) is 4.54. The molecule has 258 valence electrons. The van der Waals surface area contributed by atoms with Crippen LogP contribution in [-0.4, -0.2) is 22.0 Å². The minimum atomic E-state index is -1.18. The van der Waals surface area contributed by atoms with E-state index in [4.69, 9.17) is 13.6 Å². The number of halogens is 1. The number of amides is 1. The third-order valence-electron chi connectivity index (χ3n) is 8.70. The molecule has 6 aromatic rings. The zero-order chi connectivity index (χ0) is 35.6. The Morgan fingerprint density at radius 1 is 0.900 bits per heavy atom. The maximum atomic E-state index is 14.4. The minimum absolute atomic E-state index is 0.142. The summed E-state index contributed by atoms with van der Waals surface area (Å²) < 4.78 is 20.8. The first-order valence-electron chi connectivity index (χ1n) is 16.9. The fraction of sp³-hybridized carbons (Fsp3) is 0.286. The molecule has 0 aliphatic rings. The van der Waals surface area contributed by atoms with Crippen LogP contribution >= 0.6 is 15.9 Å². The lowest BCUT2D eigenvalue weighted by Gasteiger charge is -2.36. The normalized spacial score (nSPS) is 12.9. The number of benzene rings is 3. The number of hydrogen-bond donors (Lipinski definition) is 1. The van der Waals surface area contributed by atoms with Crippen LogP contribution in [0.3, 0.4) is 0 Å². The quantitative estimate of drug-likeness (QED) is 0.134. The number of aryl methyl sites for hydroxylation is 4. The predicted molar refractivity (Wildman–Crippen MR) is 199 cm³/mol. The first-order chi connectivity index (χ1) is 23.8. The number of nitrogens with zero attached hydrogens (tertiary/aromatic N) is 1. The average Bonchev–Trinajstić information content (AvgIpc) is 3.79. The van der Waals surface area contributed by atoms with Crippen molar-refractivity contribution < 1.29 is 23.2 Å². The van der Waals surface area contributed by atoms with Crippen molar-refractivity contribution in [2.24, 2.45) is 0 Å². The van der Waals surface area contributed by atoms with E-state index in [1.165, 1.54) is 0 Å². The minimum Gasteiger partial charge on any atom is -0.469 e. The lowest BCUT2D eigenvalue weighted by atomic mass is 9.77. The van der Waals surface area contributed by atoms with Gasteiger partial charge < -0.3 is 23.5 Å². The Morgan fingerprint density at radius 2 is 1.70 bits per heavy atom. The smallest absolute Gasteiger partial charge is 0.308 e. The average molecular weight is 736 g/mol. The molecule has 1 N–H and O–H groups in total. The molecule has 1 amide bonds. The summed E-state index contributed by atoms with van der Waals surface area (Å²) >= 11 is 3.87. The van der Waals surface area contributed by atoms with E-state index in [2.05, 4.69) is 45.5 Å². The monoisotopic (exact) mass is 734 g/mol. The third-order valence-corrected chi connectivity index (χ3v) is 9.36. The molecule has 0 aliphatic heterocycles. The molecule has 1 atom stereocenters. The highest BCUT2D eigenvalue weighted by molar-refractivity contribution is 9.10. The van der Waals surface area contributed by atoms with Crippen molar-refractivity contribution >= 4 is 38.7 Å². The van der Waals surface area contributed by atoms with Crippen LogP contribution in [0.1, 0.15) is 77.9 Å². The topological polar surface area (TPSA) is 86.6 Å². The Bertz CT molecular complexity index is 2150. The maximum Gasteiger partial charge on any atom is 0.308 e. The van der Waals surface area contributed by atoms with Gasteiger partial charge in [0.2, 0.25) is 5.91 Å². The summed E-state index contributed by atoms with van der Waals surface area (Å²) in [5.74, 6) is 1.76. The molecular formula is C42H43BrN2O5. The SMILES string of the molecule is Cc1cccc(C(NC(=O)Cc2ccc3c(ccn3CCC(=O)OC(C)(C)C)c2)(c2ccc(C)cc2Br)c2oc(C)cc2Cc2ccco2)c1. The molecule has 0 saturated heterocycles. The van der Waals surface area contributed by atoms with Gasteiger partial charge in [0.05, 0.1) is 19.1 Å². The number of ether oxygens (including phenoxy) is 1. The molecule has 3 heterocycles. The largest absolute Gasteiger partial charge is 0.469 e. The van der Waals surface area contributed by atoms with Gasteiger partial charge in [-0.1, -0.05) is 64.0 Å². The second-order valence-electron chi connectivity index (χ2n) is 14.0. The van der Waals surface area contributed by atoms with E-state index in [-0.39, 0.29) is 24.7 Å². The van der Waals surface area contributed by atoms with Crippen molar-refractivity contribution in [3.05, 3.63) is 153 Å². The van der Waals surface area contributed by atoms with Crippen LogP contribution in [-0.2, 0) is 39.3 Å². The lowest BCUT2D eigenvalue weighted by molar-refractivity contribution is -0.155. The second-order valence-corrected chi connectivity index (χ2v) is 14.9. The summed E-state index contributed by atoms with van der Waals surface area (Å²) in [7, 11) is 0. The van der Waals surface area contributed by atoms with E-state index in [0.717, 1.165) is 60.3 Å². The summed E-state index contributed by atoms with van der Waals surface area (Å²) in [6.45, 7) is 12.1. The van der Waals surface area contributed by atoms with E-state index in [1.807, 2.05) is 113 Å². The Balaban J connectivity index is 1.38. The summed E-state index contributed by atoms with van der Waals surface area (Å²) in [5.41, 5.74) is 4.95. The number of rotatable bonds is 11. The van der Waals surface area contributed by atoms with Gasteiger partial charge in [-0.25, -0.2) is 0 Å². The molecule has 3 aromatic heterocycles. The van der Waals surface area contributed by atoms with Gasteiger partial charge in [0.1, 0.15) is 22.9 Å². The Labute approximate surface area is 301 Å². The fourth-order valence-electron chi connectivity index (χ4n) is 6.62. The van der Waals surface area contributed by atoms with Crippen LogP contribution in [0.5, 0.6) is 0 Å². The number of carbonyl (C=O) groups is 2. The van der Waals surface area contributed by atoms with Gasteiger partial charge in [-0.2, -0.15) is 0 Å². The highest BCUT2D eigenvalue weighted by atomic mass is 79.9. The molecule has 0 aliphatic carbocycles. The number of aromatic nitrogens is 1. The van der Waals surface area contributed by atoms with Crippen LogP contribution < -0.4 is 5.32 Å². The van der Waals surface area contributed by atoms with Crippen LogP contribution in [0.4, 0.5) is 0 Å². The van der Waals surface area contributed by atoms with Gasteiger partial charge >= 0.3 is 5.97 Å². The molecule has 7 nitrogen and oxygen atoms in total. The number of esters is 1. The number of nitrogens with one attached hydrogen (secondary N) is 1. The van der Waals surface area contributed by atoms with Crippen molar-refractivity contribution in [3.8, 4) is 0 Å². The standard InChI is InChI=1S/C42H43BrN2O5/c1-27-9-7-10-33(21-27)42(35-14-12-28(2)22-36(35)43,40-32(23-29(3)49-40)26-34-11-8-20-48-34)44-38(46)25-30-13-15-37-31(24-30)16-18-45(37)19-17-39(47)50-41(4,5)6/h7-16,18,20-24H,17,19,25-26H2,1-6H3,(H,44,46). The fourth-order valence-corrected chi connectivity index (χ4v) is 7.41. The zero-order valence-corrected chi connectivity index (χ0v) is 31.0. The summed E-state index contributed by atoms with van der Waals surface area (Å²) in [6, 6.07) is 28.3. The zero-order valence-electron chi connectivity index (χ0n) is 29.4. The molecule has 0 fully saturated rings. The number of fused-ring (bicyclic) bond motifs is 1. The molecule has 0 radical (unpaired) electrons. The van der Waals surface area contributed by atoms with Crippen LogP contribution in [0.15, 0.2) is 111 Å². The molecule has 3 aromatic carbocycles. The van der Waals surface area contributed by atoms with Gasteiger partial charge in [-0.05, 0) is 106 Å². The first-order valence-corrected chi connectivity index (χ1v) is 17.7. The van der Waals surface area contributed by atoms with E-state index in [9.17, 15) is 9.59 Å². The molecule has 0 bridgehead atoms. The number of hydrogen-bond acceptors (Lipinski definition) is 5. The van der Waals surface area contributed by atoms with Gasteiger partial charge in [0.15, 0.2) is 5.54 Å². The van der Waals surface area contributed by atoms with E-state index in [1.54, 1.807) is 6.26 Å². The molecule has 0 saturated carbocycles. The molecule has 8 heteroatoms. The summed E-state index contributed by atoms with van der Waals surface area (Å²) in [5, 5.41) is 4.50. The Hall–Kier alpha value is -4.82. The molecular weight excluding hydrogens is 692 g/mol. The van der Waals surface area contributed by atoms with Crippen LogP contribution in [0, 0.1) is 20.8 Å². The van der Waals surface area contributed by atoms with Gasteiger partial charge in [-0.3, -0.25) is 9.59 Å². The van der Waals surface area contributed by atoms with Gasteiger partial charge in [-0.15, -0.1) is 0 Å². The number of carbonyl (C=O) groups excluding carboxylic acids is 2. The predicted octanol–water partition coefficient (Wildman–Crippen LogP) is 9.49. The van der Waals surface area contributed by atoms with Gasteiger partial charge in [0, 0.05) is 40.3 Å². The molecule has 50 heavy (non-hydrogen) atoms. The maximum absolute atomic E-state index is 14.4. The van der Waals surface area contributed by atoms with Crippen molar-refractivity contribution in [1.82, 2.24) is 9.88 Å². The first kappa shape index (κ1) is 35.0. The highest BCUT2D eigenvalue weighted by Crippen LogP contribution is 2.44. The highest BCUT2D eigenvalue weighted by Gasteiger charge is 2.44. The number of furan rings is 2. The van der Waals surface area contributed by atoms with Crippen molar-refractivity contribution in [2.45, 2.75) is 78.5 Å². The van der Waals surface area contributed by atoms with Crippen molar-refractivity contribution in [2.75, 3.05) is 0 Å². The van der Waals surface area contributed by atoms with E-state index < -0.39 is 11.1 Å².